The molecule has 0 bridgehead atoms. The molecular weight excluding hydrogens is 654 g/mol. The van der Waals surface area contributed by atoms with Crippen molar-refractivity contribution < 1.29 is 21.1 Å². The van der Waals surface area contributed by atoms with Crippen LogP contribution >= 0.6 is 11.3 Å². The summed E-state index contributed by atoms with van der Waals surface area (Å²) in [5.41, 5.74) is 1.22. The van der Waals surface area contributed by atoms with Crippen molar-refractivity contribution in [3.63, 3.8) is 0 Å². The first-order chi connectivity index (χ1) is 17.2. The molecule has 1 N–H and O–H groups in total. The van der Waals surface area contributed by atoms with Crippen LogP contribution in [0.25, 0.3) is 0 Å². The van der Waals surface area contributed by atoms with Crippen molar-refractivity contribution in [2.45, 2.75) is 20.3 Å². The van der Waals surface area contributed by atoms with Crippen LogP contribution in [-0.4, -0.2) is 56.4 Å². The van der Waals surface area contributed by atoms with Crippen LogP contribution in [0, 0.1) is 19.9 Å². The first kappa shape index (κ1) is 27.0. The Morgan fingerprint density at radius 3 is 1.75 bits per heavy atom. The van der Waals surface area contributed by atoms with Crippen molar-refractivity contribution in [1.29, 1.82) is 0 Å². The van der Waals surface area contributed by atoms with Crippen molar-refractivity contribution in [1.82, 2.24) is 49.2 Å². The maximum Gasteiger partial charge on any atom is 0.568 e. The van der Waals surface area contributed by atoms with Gasteiger partial charge in [-0.3, -0.25) is 30.2 Å². The Morgan fingerprint density at radius 2 is 1.39 bits per heavy atom. The molecule has 6 heterocycles. The fraction of sp³-hybridized carbons (Fsp3) is 0.130. The van der Waals surface area contributed by atoms with E-state index in [1.165, 1.54) is 15.3 Å². The van der Waals surface area contributed by atoms with Gasteiger partial charge in [0.15, 0.2) is 0 Å². The molecule has 0 amide bonds. The Bertz CT molecular complexity index is 1240. The smallest absolute Gasteiger partial charge is 0.286 e. The van der Waals surface area contributed by atoms with Gasteiger partial charge in [0, 0.05) is 89.5 Å². The largest absolute Gasteiger partial charge is 0.568 e. The monoisotopic (exact) mass is 678 g/mol. The van der Waals surface area contributed by atoms with E-state index in [0.717, 1.165) is 12.2 Å². The molecule has 0 radical (unpaired) electrons. The molecule has 36 heavy (non-hydrogen) atoms. The van der Waals surface area contributed by atoms with E-state index in [2.05, 4.69) is 55.4 Å². The van der Waals surface area contributed by atoms with E-state index >= 15 is 0 Å². The van der Waals surface area contributed by atoms with Gasteiger partial charge < -0.3 is 0 Å². The zero-order chi connectivity index (χ0) is 24.3. The van der Waals surface area contributed by atoms with Gasteiger partial charge in [-0.25, -0.2) is 16.0 Å². The average molecular weight is 678 g/mol. The maximum absolute atomic E-state index is 4.22. The molecule has 0 spiro atoms. The van der Waals surface area contributed by atoms with Crippen molar-refractivity contribution in [3.8, 4) is 0 Å². The molecule has 0 saturated heterocycles. The van der Waals surface area contributed by atoms with E-state index in [1.54, 1.807) is 68.5 Å². The number of aromatic amines is 1. The fourth-order valence-corrected chi connectivity index (χ4v) is 4.08. The van der Waals surface area contributed by atoms with Crippen LogP contribution in [0.15, 0.2) is 92.3 Å². The summed E-state index contributed by atoms with van der Waals surface area (Å²) in [4.78, 5) is 10.9. The van der Waals surface area contributed by atoms with Gasteiger partial charge in [-0.2, -0.15) is 26.0 Å². The molecule has 0 aliphatic rings. The average Bonchev–Trinajstić information content (AvgIpc) is 3.69. The minimum atomic E-state index is -0.194. The Hall–Kier alpha value is -3.63. The van der Waals surface area contributed by atoms with Gasteiger partial charge in [-0.1, -0.05) is 6.92 Å². The van der Waals surface area contributed by atoms with E-state index < -0.39 is 0 Å². The van der Waals surface area contributed by atoms with E-state index in [4.69, 9.17) is 0 Å². The summed E-state index contributed by atoms with van der Waals surface area (Å²) in [6, 6.07) is 12.6. The molecule has 6 aromatic rings. The van der Waals surface area contributed by atoms with Crippen LogP contribution in [0.1, 0.15) is 21.1 Å². The molecule has 10 nitrogen and oxygen atoms in total. The molecule has 0 unspecified atom stereocenters. The third kappa shape index (κ3) is 7.69. The standard InChI is InChI=1S/C11H11N2S.C9H9BN6.C3H4N2.Pt/c1-8-6-10(9(2)14-8)7-11-12-4-3-5-13-11;1-4-11-14(7-1)10(15-8-2-5-12-15)16-9-3-6-13-16;1-2-4-5-3-1;/h3-5H,7H2,1-2H3;1-9H;1-3H,(H,4,5);/q-1;;;. The summed E-state index contributed by atoms with van der Waals surface area (Å²) in [5.74, 6) is 0.865. The minimum Gasteiger partial charge on any atom is -0.286 e. The Balaban J connectivity index is 0.000000166. The molecule has 0 aromatic carbocycles. The third-order valence-electron chi connectivity index (χ3n) is 4.70. The van der Waals surface area contributed by atoms with E-state index in [1.807, 2.05) is 48.9 Å². The van der Waals surface area contributed by atoms with Crippen LogP contribution in [0.3, 0.4) is 0 Å². The van der Waals surface area contributed by atoms with Gasteiger partial charge in [-0.05, 0) is 37.3 Å². The quantitative estimate of drug-likeness (QED) is 0.222. The molecule has 186 valence electrons. The van der Waals surface area contributed by atoms with Gasteiger partial charge in [0.1, 0.15) is 5.82 Å². The number of nitrogens with zero attached hydrogens (tertiary/aromatic N) is 9. The molecule has 0 atom stereocenters. The molecule has 6 rings (SSSR count). The Labute approximate surface area is 227 Å². The molecule has 0 saturated carbocycles. The summed E-state index contributed by atoms with van der Waals surface area (Å²) in [6.07, 6.45) is 18.7. The number of aryl methyl sites for hydroxylation is 2. The number of hydrogen-bond donors (Lipinski definition) is 1. The van der Waals surface area contributed by atoms with Gasteiger partial charge in [-0.15, -0.1) is 9.75 Å². The van der Waals surface area contributed by atoms with Gasteiger partial charge >= 0.3 is 7.12 Å². The zero-order valence-electron chi connectivity index (χ0n) is 19.7. The summed E-state index contributed by atoms with van der Waals surface area (Å²) < 4.78 is 5.38. The van der Waals surface area contributed by atoms with Crippen molar-refractivity contribution in [2.75, 3.05) is 0 Å². The van der Waals surface area contributed by atoms with Crippen molar-refractivity contribution >= 4 is 18.5 Å². The normalized spacial score (nSPS) is 9.83. The van der Waals surface area contributed by atoms with E-state index in [0.29, 0.717) is 0 Å². The van der Waals surface area contributed by atoms with Crippen LogP contribution in [0.2, 0.25) is 0 Å². The minimum absolute atomic E-state index is 0. The van der Waals surface area contributed by atoms with Gasteiger partial charge in [0.05, 0.1) is 0 Å². The third-order valence-corrected chi connectivity index (χ3v) is 5.66. The second-order valence-electron chi connectivity index (χ2n) is 7.23. The fourth-order valence-electron chi connectivity index (χ4n) is 3.20. The second kappa shape index (κ2) is 14.1. The second-order valence-corrected chi connectivity index (χ2v) is 8.66. The summed E-state index contributed by atoms with van der Waals surface area (Å²) in [5, 5.41) is 18.9. The van der Waals surface area contributed by atoms with Gasteiger partial charge in [0.2, 0.25) is 0 Å². The number of hydrogen-bond acceptors (Lipinski definition) is 7. The first-order valence-electron chi connectivity index (χ1n) is 10.9. The number of aromatic nitrogens is 10. The SMILES string of the molecule is Cc1[c-]c(Cc2ncccn2)c(C)s1.[Pt].c1cn[nH]c1.c1cnn(B(n2cccn2)n2cccn2)c1. The van der Waals surface area contributed by atoms with Crippen LogP contribution < -0.4 is 0 Å². The summed E-state index contributed by atoms with van der Waals surface area (Å²) >= 11 is 1.78. The molecule has 13 heteroatoms. The van der Waals surface area contributed by atoms with Crippen molar-refractivity contribution in [3.05, 3.63) is 120 Å². The maximum atomic E-state index is 4.22. The Kier molecular flexibility index (Phi) is 10.5. The van der Waals surface area contributed by atoms with Crippen LogP contribution in [-0.2, 0) is 27.5 Å². The predicted octanol–water partition coefficient (Wildman–Crippen LogP) is 3.16. The number of thiophene rings is 1. The van der Waals surface area contributed by atoms with Crippen molar-refractivity contribution in [2.24, 2.45) is 0 Å². The van der Waals surface area contributed by atoms with E-state index in [-0.39, 0.29) is 28.2 Å². The number of nitrogens with one attached hydrogen (secondary N) is 1. The zero-order valence-corrected chi connectivity index (χ0v) is 22.8. The number of H-pyrrole nitrogens is 1. The molecule has 0 fully saturated rings. The molecule has 0 aliphatic carbocycles. The van der Waals surface area contributed by atoms with E-state index in [9.17, 15) is 0 Å². The Morgan fingerprint density at radius 1 is 0.806 bits per heavy atom. The summed E-state index contributed by atoms with van der Waals surface area (Å²) in [7, 11) is -0.194. The molecular formula is C23H24BN10PtS-. The predicted molar refractivity (Wildman–Crippen MR) is 135 cm³/mol. The van der Waals surface area contributed by atoms with Gasteiger partial charge in [0.25, 0.3) is 0 Å². The van der Waals surface area contributed by atoms with Crippen LogP contribution in [0.4, 0.5) is 0 Å². The summed E-state index contributed by atoms with van der Waals surface area (Å²) in [6.45, 7) is 4.19. The number of rotatable bonds is 5. The molecule has 6 aromatic heterocycles. The van der Waals surface area contributed by atoms with Crippen LogP contribution in [0.5, 0.6) is 0 Å². The molecule has 0 aliphatic heterocycles. The first-order valence-corrected chi connectivity index (χ1v) is 11.7. The topological polar surface area (TPSA) is 108 Å².